The standard InChI is InChI=1S/C28H28FN3O2/c1-17-24-11-10-23-25(19-7-2-5-18(13-19)6-4-12-33)31-32-27(23)28(24,15-20(16-30)26(17)34)21-8-3-9-22(29)14-21/h2-3,5,7-9,13-14,17,20,24,33H,4,6,10-12,15H2,1H3,(H,31,32)/t17-,20?,24-,28+/m0/s1. The van der Waals surface area contributed by atoms with Crippen LogP contribution in [0.2, 0.25) is 0 Å². The molecule has 0 bridgehead atoms. The molecule has 5 nitrogen and oxygen atoms in total. The average Bonchev–Trinajstić information content (AvgIpc) is 3.30. The molecular weight excluding hydrogens is 429 g/mol. The average molecular weight is 458 g/mol. The second kappa shape index (κ2) is 8.81. The molecule has 0 amide bonds. The maximum absolute atomic E-state index is 14.4. The van der Waals surface area contributed by atoms with Crippen LogP contribution in [0.1, 0.15) is 48.6 Å². The van der Waals surface area contributed by atoms with E-state index in [0.29, 0.717) is 12.8 Å². The van der Waals surface area contributed by atoms with E-state index >= 15 is 0 Å². The highest BCUT2D eigenvalue weighted by Gasteiger charge is 2.56. The molecule has 0 spiro atoms. The van der Waals surface area contributed by atoms with Gasteiger partial charge in [0.15, 0.2) is 5.78 Å². The van der Waals surface area contributed by atoms with Gasteiger partial charge in [0, 0.05) is 34.8 Å². The quantitative estimate of drug-likeness (QED) is 0.579. The number of aliphatic hydroxyl groups is 1. The van der Waals surface area contributed by atoms with E-state index in [-0.39, 0.29) is 30.0 Å². The Morgan fingerprint density at radius 2 is 2.09 bits per heavy atom. The van der Waals surface area contributed by atoms with Crippen molar-refractivity contribution < 1.29 is 14.3 Å². The van der Waals surface area contributed by atoms with Crippen LogP contribution >= 0.6 is 0 Å². The summed E-state index contributed by atoms with van der Waals surface area (Å²) in [5.41, 5.74) is 5.11. The number of Topliss-reactive ketones (excluding diaryl/α,β-unsaturated/α-hetero) is 1. The number of carbonyl (C=O) groups is 1. The maximum atomic E-state index is 14.4. The number of aryl methyl sites for hydroxylation is 1. The van der Waals surface area contributed by atoms with Crippen LogP contribution in [-0.2, 0) is 23.1 Å². The first-order valence-corrected chi connectivity index (χ1v) is 12.0. The summed E-state index contributed by atoms with van der Waals surface area (Å²) in [6, 6.07) is 17.0. The van der Waals surface area contributed by atoms with Crippen LogP contribution in [0.15, 0.2) is 48.5 Å². The Morgan fingerprint density at radius 3 is 2.85 bits per heavy atom. The van der Waals surface area contributed by atoms with E-state index < -0.39 is 11.3 Å². The second-order valence-corrected chi connectivity index (χ2v) is 9.66. The number of ketones is 1. The van der Waals surface area contributed by atoms with Crippen LogP contribution in [0.5, 0.6) is 0 Å². The van der Waals surface area contributed by atoms with Crippen molar-refractivity contribution in [3.63, 3.8) is 0 Å². The monoisotopic (exact) mass is 457 g/mol. The van der Waals surface area contributed by atoms with Crippen molar-refractivity contribution in [2.45, 2.75) is 44.4 Å². The molecule has 1 aromatic heterocycles. The van der Waals surface area contributed by atoms with Gasteiger partial charge < -0.3 is 5.11 Å². The molecule has 4 atom stereocenters. The number of H-pyrrole nitrogens is 1. The van der Waals surface area contributed by atoms with Crippen molar-refractivity contribution in [1.29, 1.82) is 5.26 Å². The maximum Gasteiger partial charge on any atom is 0.153 e. The molecule has 2 aliphatic carbocycles. The summed E-state index contributed by atoms with van der Waals surface area (Å²) in [6.07, 6.45) is 3.35. The van der Waals surface area contributed by atoms with E-state index in [2.05, 4.69) is 23.3 Å². The van der Waals surface area contributed by atoms with Crippen LogP contribution in [0, 0.1) is 34.9 Å². The number of nitrogens with zero attached hydrogens (tertiary/aromatic N) is 2. The Labute approximate surface area is 198 Å². The molecule has 1 heterocycles. The molecule has 1 saturated carbocycles. The van der Waals surface area contributed by atoms with Gasteiger partial charge in [0.2, 0.25) is 0 Å². The molecule has 3 aromatic rings. The molecule has 0 aliphatic heterocycles. The van der Waals surface area contributed by atoms with Gasteiger partial charge in [-0.05, 0) is 67.3 Å². The predicted molar refractivity (Wildman–Crippen MR) is 126 cm³/mol. The van der Waals surface area contributed by atoms with Gasteiger partial charge in [-0.15, -0.1) is 0 Å². The van der Waals surface area contributed by atoms with E-state index in [1.807, 2.05) is 25.1 Å². The third kappa shape index (κ3) is 3.47. The number of rotatable bonds is 5. The largest absolute Gasteiger partial charge is 0.396 e. The van der Waals surface area contributed by atoms with Gasteiger partial charge >= 0.3 is 0 Å². The Balaban J connectivity index is 1.68. The van der Waals surface area contributed by atoms with E-state index in [1.165, 1.54) is 6.07 Å². The van der Waals surface area contributed by atoms with Gasteiger partial charge in [-0.25, -0.2) is 4.39 Å². The Bertz CT molecular complexity index is 1280. The van der Waals surface area contributed by atoms with Crippen LogP contribution in [-0.4, -0.2) is 27.7 Å². The molecule has 0 saturated heterocycles. The number of hydrogen-bond acceptors (Lipinski definition) is 4. The SMILES string of the molecule is C[C@@H]1C(=O)C(C#N)C[C@]2(c3cccc(F)c3)c3[nH]nc(-c4cccc(CCCO)c4)c3CC[C@@H]12. The lowest BCUT2D eigenvalue weighted by atomic mass is 9.51. The third-order valence-electron chi connectivity index (χ3n) is 7.89. The summed E-state index contributed by atoms with van der Waals surface area (Å²) in [6.45, 7) is 2.06. The number of hydrogen-bond donors (Lipinski definition) is 2. The fourth-order valence-electron chi connectivity index (χ4n) is 6.33. The summed E-state index contributed by atoms with van der Waals surface area (Å²) >= 11 is 0. The second-order valence-electron chi connectivity index (χ2n) is 9.66. The molecule has 1 unspecified atom stereocenters. The summed E-state index contributed by atoms with van der Waals surface area (Å²) in [7, 11) is 0. The fraction of sp³-hybridized carbons (Fsp3) is 0.393. The Kier molecular flexibility index (Phi) is 5.83. The van der Waals surface area contributed by atoms with Crippen molar-refractivity contribution in [2.75, 3.05) is 6.61 Å². The highest BCUT2D eigenvalue weighted by atomic mass is 19.1. The van der Waals surface area contributed by atoms with Gasteiger partial charge in [-0.1, -0.05) is 37.3 Å². The van der Waals surface area contributed by atoms with Crippen molar-refractivity contribution in [2.24, 2.45) is 17.8 Å². The minimum absolute atomic E-state index is 0.0145. The number of nitriles is 1. The number of fused-ring (bicyclic) bond motifs is 3. The van der Waals surface area contributed by atoms with Crippen molar-refractivity contribution in [3.8, 4) is 17.3 Å². The molecule has 5 rings (SSSR count). The zero-order valence-electron chi connectivity index (χ0n) is 19.2. The van der Waals surface area contributed by atoms with Gasteiger partial charge in [0.05, 0.1) is 11.8 Å². The molecular formula is C28H28FN3O2. The summed E-state index contributed by atoms with van der Waals surface area (Å²) in [5.74, 6) is -1.42. The Morgan fingerprint density at radius 1 is 1.26 bits per heavy atom. The van der Waals surface area contributed by atoms with Crippen molar-refractivity contribution in [3.05, 3.63) is 76.7 Å². The topological polar surface area (TPSA) is 89.8 Å². The lowest BCUT2D eigenvalue weighted by molar-refractivity contribution is -0.131. The zero-order valence-corrected chi connectivity index (χ0v) is 19.2. The summed E-state index contributed by atoms with van der Waals surface area (Å²) in [4.78, 5) is 13.0. The molecule has 0 radical (unpaired) electrons. The van der Waals surface area contributed by atoms with Gasteiger partial charge in [0.25, 0.3) is 0 Å². The fourth-order valence-corrected chi connectivity index (χ4v) is 6.33. The number of carbonyl (C=O) groups excluding carboxylic acids is 1. The van der Waals surface area contributed by atoms with Crippen molar-refractivity contribution >= 4 is 5.78 Å². The minimum atomic E-state index is -0.742. The van der Waals surface area contributed by atoms with E-state index in [0.717, 1.165) is 52.9 Å². The zero-order chi connectivity index (χ0) is 23.9. The number of aliphatic hydroxyl groups excluding tert-OH is 1. The van der Waals surface area contributed by atoms with E-state index in [1.54, 1.807) is 12.1 Å². The molecule has 6 heteroatoms. The van der Waals surface area contributed by atoms with Crippen LogP contribution < -0.4 is 0 Å². The highest BCUT2D eigenvalue weighted by molar-refractivity contribution is 5.87. The molecule has 174 valence electrons. The highest BCUT2D eigenvalue weighted by Crippen LogP contribution is 2.56. The number of halogens is 1. The predicted octanol–water partition coefficient (Wildman–Crippen LogP) is 4.74. The van der Waals surface area contributed by atoms with E-state index in [9.17, 15) is 19.6 Å². The third-order valence-corrected chi connectivity index (χ3v) is 7.89. The normalized spacial score (nSPS) is 25.9. The first-order chi connectivity index (χ1) is 16.5. The molecule has 2 N–H and O–H groups in total. The van der Waals surface area contributed by atoms with Gasteiger partial charge in [-0.2, -0.15) is 10.4 Å². The molecule has 2 aromatic carbocycles. The van der Waals surface area contributed by atoms with Crippen LogP contribution in [0.25, 0.3) is 11.3 Å². The lowest BCUT2D eigenvalue weighted by Gasteiger charge is -2.50. The van der Waals surface area contributed by atoms with Crippen LogP contribution in [0.4, 0.5) is 4.39 Å². The minimum Gasteiger partial charge on any atom is -0.396 e. The van der Waals surface area contributed by atoms with E-state index in [4.69, 9.17) is 5.10 Å². The lowest BCUT2D eigenvalue weighted by Crippen LogP contribution is -2.52. The first kappa shape index (κ1) is 22.5. The smallest absolute Gasteiger partial charge is 0.153 e. The van der Waals surface area contributed by atoms with Gasteiger partial charge in [-0.3, -0.25) is 9.89 Å². The first-order valence-electron chi connectivity index (χ1n) is 12.0. The molecule has 2 aliphatic rings. The Hall–Kier alpha value is -3.30. The molecule has 1 fully saturated rings. The summed E-state index contributed by atoms with van der Waals surface area (Å²) < 4.78 is 14.4. The summed E-state index contributed by atoms with van der Waals surface area (Å²) in [5, 5.41) is 27.1. The van der Waals surface area contributed by atoms with Crippen molar-refractivity contribution in [1.82, 2.24) is 10.2 Å². The number of nitrogens with one attached hydrogen (secondary N) is 1. The van der Waals surface area contributed by atoms with Gasteiger partial charge in [0.1, 0.15) is 11.7 Å². The van der Waals surface area contributed by atoms with Crippen LogP contribution in [0.3, 0.4) is 0 Å². The number of benzene rings is 2. The number of aromatic nitrogens is 2. The number of aromatic amines is 1. The molecule has 34 heavy (non-hydrogen) atoms.